The third kappa shape index (κ3) is 4.92. The second-order valence-corrected chi connectivity index (χ2v) is 7.40. The first-order valence-electron chi connectivity index (χ1n) is 6.91. The Labute approximate surface area is 129 Å². The van der Waals surface area contributed by atoms with Gasteiger partial charge in [-0.1, -0.05) is 0 Å². The van der Waals surface area contributed by atoms with Crippen LogP contribution in [0.3, 0.4) is 0 Å². The fraction of sp³-hybridized carbons (Fsp3) is 0.400. The molecule has 0 aliphatic rings. The minimum Gasteiger partial charge on any atom is -0.382 e. The van der Waals surface area contributed by atoms with Crippen molar-refractivity contribution in [3.63, 3.8) is 0 Å². The van der Waals surface area contributed by atoms with Crippen LogP contribution in [0.1, 0.15) is 5.69 Å². The second-order valence-electron chi connectivity index (χ2n) is 5.14. The summed E-state index contributed by atoms with van der Waals surface area (Å²) < 4.78 is 40.6. The highest BCUT2D eigenvalue weighted by atomic mass is 32.2. The molecule has 0 atom stereocenters. The second kappa shape index (κ2) is 7.02. The van der Waals surface area contributed by atoms with Gasteiger partial charge in [-0.15, -0.1) is 0 Å². The van der Waals surface area contributed by atoms with Gasteiger partial charge in [0.1, 0.15) is 15.7 Å². The molecule has 0 fully saturated rings. The summed E-state index contributed by atoms with van der Waals surface area (Å²) in [5.41, 5.74) is 2.34. The fourth-order valence-electron chi connectivity index (χ4n) is 2.05. The van der Waals surface area contributed by atoms with E-state index in [1.807, 2.05) is 13.0 Å². The van der Waals surface area contributed by atoms with Crippen LogP contribution in [0.15, 0.2) is 24.3 Å². The molecule has 0 aliphatic heterocycles. The van der Waals surface area contributed by atoms with Crippen molar-refractivity contribution in [2.45, 2.75) is 6.92 Å². The van der Waals surface area contributed by atoms with E-state index in [4.69, 9.17) is 4.74 Å². The van der Waals surface area contributed by atoms with Crippen LogP contribution in [0.4, 0.5) is 10.1 Å². The highest BCUT2D eigenvalue weighted by Crippen LogP contribution is 2.23. The van der Waals surface area contributed by atoms with Crippen LogP contribution in [0.2, 0.25) is 0 Å². The summed E-state index contributed by atoms with van der Waals surface area (Å²) >= 11 is 0. The summed E-state index contributed by atoms with van der Waals surface area (Å²) in [6.07, 6.45) is 1.18. The highest BCUT2D eigenvalue weighted by molar-refractivity contribution is 7.90. The van der Waals surface area contributed by atoms with Crippen LogP contribution >= 0.6 is 0 Å². The number of nitrogens with zero attached hydrogens (tertiary/aromatic N) is 1. The number of nitrogens with one attached hydrogen (secondary N) is 1. The number of sulfone groups is 1. The summed E-state index contributed by atoms with van der Waals surface area (Å²) in [6, 6.07) is 6.31. The number of anilines is 1. The lowest BCUT2D eigenvalue weighted by atomic mass is 10.1. The van der Waals surface area contributed by atoms with E-state index in [2.05, 4.69) is 10.3 Å². The Morgan fingerprint density at radius 2 is 2.05 bits per heavy atom. The summed E-state index contributed by atoms with van der Waals surface area (Å²) in [6.45, 7) is 2.91. The summed E-state index contributed by atoms with van der Waals surface area (Å²) in [4.78, 5) is 4.36. The van der Waals surface area contributed by atoms with E-state index in [0.29, 0.717) is 18.5 Å². The Morgan fingerprint density at radius 3 is 2.77 bits per heavy atom. The predicted octanol–water partition coefficient (Wildman–Crippen LogP) is 2.16. The average Bonchev–Trinajstić information content (AvgIpc) is 2.42. The van der Waals surface area contributed by atoms with Crippen molar-refractivity contribution in [2.24, 2.45) is 0 Å². The molecule has 120 valence electrons. The zero-order valence-corrected chi connectivity index (χ0v) is 13.4. The Hall–Kier alpha value is -1.73. The molecule has 0 saturated carbocycles. The average molecular weight is 326 g/mol. The summed E-state index contributed by atoms with van der Waals surface area (Å²) in [5, 5.41) is 3.88. The number of rotatable bonds is 7. The maximum Gasteiger partial charge on any atom is 0.149 e. The zero-order chi connectivity index (χ0) is 16.2. The molecule has 22 heavy (non-hydrogen) atoms. The number of benzene rings is 1. The van der Waals surface area contributed by atoms with Crippen LogP contribution in [-0.4, -0.2) is 45.2 Å². The van der Waals surface area contributed by atoms with Gasteiger partial charge in [0.15, 0.2) is 0 Å². The van der Waals surface area contributed by atoms with E-state index < -0.39 is 9.84 Å². The van der Waals surface area contributed by atoms with Gasteiger partial charge in [-0.3, -0.25) is 4.98 Å². The number of ether oxygens (including phenoxy) is 1. The minimum atomic E-state index is -3.00. The van der Waals surface area contributed by atoms with Crippen LogP contribution in [-0.2, 0) is 14.6 Å². The molecule has 0 aliphatic carbocycles. The van der Waals surface area contributed by atoms with Gasteiger partial charge in [0.2, 0.25) is 0 Å². The molecule has 1 aromatic heterocycles. The van der Waals surface area contributed by atoms with Gasteiger partial charge in [0, 0.05) is 29.6 Å². The lowest BCUT2D eigenvalue weighted by Gasteiger charge is -2.11. The van der Waals surface area contributed by atoms with Gasteiger partial charge in [-0.2, -0.15) is 0 Å². The molecule has 2 rings (SSSR count). The molecule has 1 aromatic carbocycles. The number of aryl methyl sites for hydroxylation is 1. The SMILES string of the molecule is Cc1cc(NCCOCCS(C)(=O)=O)c2cc(F)ccc2n1. The highest BCUT2D eigenvalue weighted by Gasteiger charge is 2.05. The number of fused-ring (bicyclic) bond motifs is 1. The molecule has 0 unspecified atom stereocenters. The lowest BCUT2D eigenvalue weighted by Crippen LogP contribution is -2.15. The number of halogens is 1. The first kappa shape index (κ1) is 16.6. The molecule has 0 spiro atoms. The zero-order valence-electron chi connectivity index (χ0n) is 12.6. The largest absolute Gasteiger partial charge is 0.382 e. The molecule has 0 saturated heterocycles. The first-order valence-corrected chi connectivity index (χ1v) is 8.97. The molecule has 2 aromatic rings. The number of aromatic nitrogens is 1. The molecule has 1 N–H and O–H groups in total. The van der Waals surface area contributed by atoms with Crippen LogP contribution in [0.5, 0.6) is 0 Å². The summed E-state index contributed by atoms with van der Waals surface area (Å²) in [7, 11) is -3.00. The maximum atomic E-state index is 13.4. The number of pyridine rings is 1. The normalized spacial score (nSPS) is 11.8. The summed E-state index contributed by atoms with van der Waals surface area (Å²) in [5.74, 6) is -0.305. The maximum absolute atomic E-state index is 13.4. The van der Waals surface area contributed by atoms with Gasteiger partial charge in [0.25, 0.3) is 0 Å². The van der Waals surface area contributed by atoms with Gasteiger partial charge in [0.05, 0.1) is 24.5 Å². The molecule has 0 radical (unpaired) electrons. The van der Waals surface area contributed by atoms with E-state index in [9.17, 15) is 12.8 Å². The third-order valence-corrected chi connectivity index (χ3v) is 3.97. The third-order valence-electron chi connectivity index (χ3n) is 3.06. The van der Waals surface area contributed by atoms with Crippen molar-refractivity contribution in [1.29, 1.82) is 0 Å². The first-order chi connectivity index (χ1) is 10.3. The van der Waals surface area contributed by atoms with Crippen LogP contribution in [0, 0.1) is 12.7 Å². The molecule has 0 amide bonds. The van der Waals surface area contributed by atoms with Crippen molar-refractivity contribution >= 4 is 26.4 Å². The Bertz CT molecular complexity index is 763. The standard InChI is InChI=1S/C15H19FN2O3S/c1-11-9-15(13-10-12(16)3-4-14(13)18-11)17-5-6-21-7-8-22(2,19)20/h3-4,9-10H,5-8H2,1-2H3,(H,17,18). The van der Waals surface area contributed by atoms with E-state index in [0.717, 1.165) is 16.9 Å². The van der Waals surface area contributed by atoms with Crippen molar-refractivity contribution < 1.29 is 17.5 Å². The number of hydrogen-bond acceptors (Lipinski definition) is 5. The smallest absolute Gasteiger partial charge is 0.149 e. The van der Waals surface area contributed by atoms with Crippen LogP contribution < -0.4 is 5.32 Å². The molecular formula is C15H19FN2O3S. The predicted molar refractivity (Wildman–Crippen MR) is 85.5 cm³/mol. The van der Waals surface area contributed by atoms with Gasteiger partial charge >= 0.3 is 0 Å². The molecule has 5 nitrogen and oxygen atoms in total. The van der Waals surface area contributed by atoms with Gasteiger partial charge < -0.3 is 10.1 Å². The van der Waals surface area contributed by atoms with Crippen molar-refractivity contribution in [3.8, 4) is 0 Å². The monoisotopic (exact) mass is 326 g/mol. The van der Waals surface area contributed by atoms with Crippen molar-refractivity contribution in [1.82, 2.24) is 4.98 Å². The Morgan fingerprint density at radius 1 is 1.27 bits per heavy atom. The topological polar surface area (TPSA) is 68.3 Å². The van der Waals surface area contributed by atoms with Crippen LogP contribution in [0.25, 0.3) is 10.9 Å². The molecule has 7 heteroatoms. The van der Waals surface area contributed by atoms with Gasteiger partial charge in [-0.25, -0.2) is 12.8 Å². The molecule has 1 heterocycles. The van der Waals surface area contributed by atoms with E-state index in [1.165, 1.54) is 18.4 Å². The van der Waals surface area contributed by atoms with Crippen molar-refractivity contribution in [3.05, 3.63) is 35.8 Å². The van der Waals surface area contributed by atoms with E-state index in [1.54, 1.807) is 6.07 Å². The minimum absolute atomic E-state index is 0.00943. The van der Waals surface area contributed by atoms with E-state index in [-0.39, 0.29) is 18.2 Å². The van der Waals surface area contributed by atoms with E-state index >= 15 is 0 Å². The molecule has 0 bridgehead atoms. The quantitative estimate of drug-likeness (QED) is 0.790. The van der Waals surface area contributed by atoms with Gasteiger partial charge in [-0.05, 0) is 31.2 Å². The lowest BCUT2D eigenvalue weighted by molar-refractivity contribution is 0.159. The number of hydrogen-bond donors (Lipinski definition) is 1. The molecular weight excluding hydrogens is 307 g/mol. The Balaban J connectivity index is 1.95. The Kier molecular flexibility index (Phi) is 5.31. The fourth-order valence-corrected chi connectivity index (χ4v) is 2.47. The van der Waals surface area contributed by atoms with Crippen molar-refractivity contribution in [2.75, 3.05) is 37.1 Å².